The van der Waals surface area contributed by atoms with Crippen LogP contribution in [-0.4, -0.2) is 77.8 Å². The fourth-order valence-corrected chi connectivity index (χ4v) is 7.67. The molecule has 2 aromatic heterocycles. The van der Waals surface area contributed by atoms with E-state index in [4.69, 9.17) is 28.4 Å². The highest BCUT2D eigenvalue weighted by molar-refractivity contribution is 6.00. The zero-order valence-electron chi connectivity index (χ0n) is 39.8. The van der Waals surface area contributed by atoms with Crippen LogP contribution in [0.15, 0.2) is 146 Å². The summed E-state index contributed by atoms with van der Waals surface area (Å²) in [5.41, 5.74) is 3.97. The molecule has 0 aliphatic carbocycles. The highest BCUT2D eigenvalue weighted by atomic mass is 16.7. The van der Waals surface area contributed by atoms with Crippen molar-refractivity contribution in [2.45, 2.75) is 71.5 Å². The number of ketones is 2. The molecule has 4 atom stereocenters. The molecule has 14 heteroatoms. The number of esters is 3. The SMILES string of the molecule is COc1ccnc(C(=O)C[C@@H](C)C(=O)O[C@@H](C)C(c2ccccc2)c2ccccc2)c1O.COc1ccnc(C(=O)C[C@@H](C)C(=O)O[C@@H](C)C(c2ccccc2)c2ccccc2)c1OCOC(C)=O. The summed E-state index contributed by atoms with van der Waals surface area (Å²) in [5, 5.41) is 10.2. The number of pyridine rings is 2. The number of hydrogen-bond donors (Lipinski definition) is 1. The van der Waals surface area contributed by atoms with Crippen molar-refractivity contribution in [1.29, 1.82) is 0 Å². The molecule has 0 spiro atoms. The molecule has 6 rings (SSSR count). The number of benzene rings is 4. The van der Waals surface area contributed by atoms with Gasteiger partial charge in [0.2, 0.25) is 6.79 Å². The van der Waals surface area contributed by atoms with Crippen LogP contribution in [0.4, 0.5) is 0 Å². The number of rotatable bonds is 21. The van der Waals surface area contributed by atoms with Gasteiger partial charge in [-0.1, -0.05) is 135 Å². The third-order valence-electron chi connectivity index (χ3n) is 11.2. The smallest absolute Gasteiger partial charge is 0.309 e. The molecular formula is C55H58N2O12. The number of nitrogens with zero attached hydrogens (tertiary/aromatic N) is 2. The maximum atomic E-state index is 13.1. The maximum Gasteiger partial charge on any atom is 0.309 e. The summed E-state index contributed by atoms with van der Waals surface area (Å²) in [6.45, 7) is 7.79. The Bertz CT molecular complexity index is 2530. The van der Waals surface area contributed by atoms with E-state index in [1.807, 2.05) is 135 Å². The average Bonchev–Trinajstić information content (AvgIpc) is 3.35. The molecule has 6 aromatic rings. The Morgan fingerprint density at radius 1 is 0.522 bits per heavy atom. The predicted molar refractivity (Wildman–Crippen MR) is 257 cm³/mol. The van der Waals surface area contributed by atoms with Gasteiger partial charge in [-0.3, -0.25) is 24.0 Å². The molecule has 0 aliphatic rings. The minimum absolute atomic E-state index is 0.0225. The first-order valence-corrected chi connectivity index (χ1v) is 22.4. The van der Waals surface area contributed by atoms with Crippen molar-refractivity contribution in [2.24, 2.45) is 11.8 Å². The van der Waals surface area contributed by atoms with E-state index in [0.29, 0.717) is 0 Å². The molecule has 0 bridgehead atoms. The molecule has 14 nitrogen and oxygen atoms in total. The lowest BCUT2D eigenvalue weighted by molar-refractivity contribution is -0.154. The van der Waals surface area contributed by atoms with E-state index in [0.717, 1.165) is 22.3 Å². The Morgan fingerprint density at radius 2 is 0.884 bits per heavy atom. The van der Waals surface area contributed by atoms with Crippen LogP contribution in [0.3, 0.4) is 0 Å². The number of carbonyl (C=O) groups excluding carboxylic acids is 5. The first kappa shape index (κ1) is 52.1. The molecule has 69 heavy (non-hydrogen) atoms. The lowest BCUT2D eigenvalue weighted by Gasteiger charge is -2.26. The zero-order chi connectivity index (χ0) is 49.9. The fraction of sp³-hybridized carbons (Fsp3) is 0.291. The van der Waals surface area contributed by atoms with Crippen molar-refractivity contribution in [3.8, 4) is 23.0 Å². The summed E-state index contributed by atoms with van der Waals surface area (Å²) in [6.07, 6.45) is 1.56. The Kier molecular flexibility index (Phi) is 19.5. The van der Waals surface area contributed by atoms with Gasteiger partial charge in [0.15, 0.2) is 46.0 Å². The van der Waals surface area contributed by atoms with E-state index in [1.54, 1.807) is 13.8 Å². The Labute approximate surface area is 402 Å². The van der Waals surface area contributed by atoms with Crippen LogP contribution in [0, 0.1) is 11.8 Å². The first-order valence-electron chi connectivity index (χ1n) is 22.4. The van der Waals surface area contributed by atoms with Crippen molar-refractivity contribution in [2.75, 3.05) is 21.0 Å². The second-order valence-electron chi connectivity index (χ2n) is 16.2. The zero-order valence-corrected chi connectivity index (χ0v) is 39.8. The van der Waals surface area contributed by atoms with E-state index < -0.39 is 60.3 Å². The van der Waals surface area contributed by atoms with Gasteiger partial charge in [-0.15, -0.1) is 0 Å². The largest absolute Gasteiger partial charge is 0.503 e. The van der Waals surface area contributed by atoms with Crippen molar-refractivity contribution in [1.82, 2.24) is 9.97 Å². The molecule has 0 unspecified atom stereocenters. The van der Waals surface area contributed by atoms with Crippen LogP contribution in [-0.2, 0) is 28.6 Å². The maximum absolute atomic E-state index is 13.1. The van der Waals surface area contributed by atoms with E-state index in [2.05, 4.69) is 9.97 Å². The Morgan fingerprint density at radius 3 is 1.26 bits per heavy atom. The lowest BCUT2D eigenvalue weighted by Crippen LogP contribution is -2.28. The first-order chi connectivity index (χ1) is 33.2. The molecular weight excluding hydrogens is 881 g/mol. The molecule has 0 amide bonds. The van der Waals surface area contributed by atoms with Crippen LogP contribution in [0.2, 0.25) is 0 Å². The van der Waals surface area contributed by atoms with Crippen molar-refractivity contribution in [3.63, 3.8) is 0 Å². The predicted octanol–water partition coefficient (Wildman–Crippen LogP) is 9.73. The number of Topliss-reactive ketones (excluding diaryl/α,β-unsaturated/α-hetero) is 2. The van der Waals surface area contributed by atoms with Gasteiger partial charge >= 0.3 is 17.9 Å². The van der Waals surface area contributed by atoms with Crippen LogP contribution >= 0.6 is 0 Å². The van der Waals surface area contributed by atoms with Crippen molar-refractivity contribution < 1.29 is 57.5 Å². The standard InChI is InChI=1S/C29H31NO7.C26H27NO5/c1-19(17-24(32)27-28(36-18-35-21(3)31)25(34-4)15-16-30-27)29(33)37-20(2)26(22-11-7-5-8-12-22)23-13-9-6-10-14-23;1-17(16-21(28)24-25(29)22(31-3)14-15-27-24)26(30)32-18(2)23(19-10-6-4-7-11-19)20-12-8-5-9-13-20/h5-16,19-20,26H,17-18H2,1-4H3;4-15,17-18,23,29H,16H2,1-3H3/t19-,20+;17-,18+/m11/s1. The molecule has 4 aromatic carbocycles. The van der Waals surface area contributed by atoms with Crippen LogP contribution < -0.4 is 14.2 Å². The van der Waals surface area contributed by atoms with Gasteiger partial charge in [-0.2, -0.15) is 0 Å². The van der Waals surface area contributed by atoms with Crippen LogP contribution in [0.1, 0.15) is 103 Å². The topological polar surface area (TPSA) is 187 Å². The molecule has 2 heterocycles. The Hall–Kier alpha value is -7.87. The van der Waals surface area contributed by atoms with Crippen LogP contribution in [0.5, 0.6) is 23.0 Å². The molecule has 0 radical (unpaired) electrons. The summed E-state index contributed by atoms with van der Waals surface area (Å²) in [6, 6.07) is 42.4. The minimum atomic E-state index is -0.739. The highest BCUT2D eigenvalue weighted by Gasteiger charge is 2.31. The molecule has 1 N–H and O–H groups in total. The minimum Gasteiger partial charge on any atom is -0.503 e. The second kappa shape index (κ2) is 25.9. The van der Waals surface area contributed by atoms with Gasteiger partial charge in [0.25, 0.3) is 0 Å². The van der Waals surface area contributed by atoms with Gasteiger partial charge < -0.3 is 33.5 Å². The molecule has 0 saturated heterocycles. The van der Waals surface area contributed by atoms with Gasteiger partial charge in [-0.05, 0) is 36.1 Å². The molecule has 0 fully saturated rings. The number of aromatic hydroxyl groups is 1. The van der Waals surface area contributed by atoms with E-state index >= 15 is 0 Å². The molecule has 0 saturated carbocycles. The van der Waals surface area contributed by atoms with E-state index in [1.165, 1.54) is 45.7 Å². The quantitative estimate of drug-likeness (QED) is 0.0311. The number of hydrogen-bond acceptors (Lipinski definition) is 14. The molecule has 0 aliphatic heterocycles. The normalized spacial score (nSPS) is 12.5. The second-order valence-corrected chi connectivity index (χ2v) is 16.2. The third-order valence-corrected chi connectivity index (χ3v) is 11.2. The average molecular weight is 939 g/mol. The molecule has 360 valence electrons. The monoisotopic (exact) mass is 938 g/mol. The Balaban J connectivity index is 0.000000260. The van der Waals surface area contributed by atoms with E-state index in [-0.39, 0.29) is 59.1 Å². The summed E-state index contributed by atoms with van der Waals surface area (Å²) >= 11 is 0. The van der Waals surface area contributed by atoms with Crippen LogP contribution in [0.25, 0.3) is 0 Å². The summed E-state index contributed by atoms with van der Waals surface area (Å²) in [4.78, 5) is 70.7. The van der Waals surface area contributed by atoms with Gasteiger partial charge in [0, 0.05) is 56.1 Å². The van der Waals surface area contributed by atoms with Crippen molar-refractivity contribution >= 4 is 29.5 Å². The number of ether oxygens (including phenoxy) is 6. The third kappa shape index (κ3) is 14.6. The van der Waals surface area contributed by atoms with Gasteiger partial charge in [-0.25, -0.2) is 9.97 Å². The fourth-order valence-electron chi connectivity index (χ4n) is 7.67. The summed E-state index contributed by atoms with van der Waals surface area (Å²) in [5.74, 6) is -4.05. The lowest BCUT2D eigenvalue weighted by atomic mass is 9.87. The number of methoxy groups -OCH3 is 2. The van der Waals surface area contributed by atoms with E-state index in [9.17, 15) is 29.1 Å². The highest BCUT2D eigenvalue weighted by Crippen LogP contribution is 2.34. The summed E-state index contributed by atoms with van der Waals surface area (Å²) in [7, 11) is 2.81. The number of aromatic nitrogens is 2. The summed E-state index contributed by atoms with van der Waals surface area (Å²) < 4.78 is 32.2. The number of carbonyl (C=O) groups is 5. The van der Waals surface area contributed by atoms with Gasteiger partial charge in [0.1, 0.15) is 12.2 Å². The van der Waals surface area contributed by atoms with Crippen molar-refractivity contribution in [3.05, 3.63) is 179 Å². The van der Waals surface area contributed by atoms with Gasteiger partial charge in [0.05, 0.1) is 26.1 Å².